The minimum atomic E-state index is -0.591. The monoisotopic (exact) mass is 311 g/mol. The van der Waals surface area contributed by atoms with Crippen molar-refractivity contribution in [3.63, 3.8) is 0 Å². The average molecular weight is 312 g/mol. The van der Waals surface area contributed by atoms with Gasteiger partial charge in [0.15, 0.2) is 0 Å². The zero-order valence-electron chi connectivity index (χ0n) is 15.4. The van der Waals surface area contributed by atoms with Crippen LogP contribution in [-0.4, -0.2) is 22.2 Å². The van der Waals surface area contributed by atoms with Gasteiger partial charge in [-0.3, -0.25) is 4.79 Å². The summed E-state index contributed by atoms with van der Waals surface area (Å²) in [5.41, 5.74) is 0.0580. The van der Waals surface area contributed by atoms with E-state index >= 15 is 0 Å². The molecule has 0 aromatic heterocycles. The van der Waals surface area contributed by atoms with E-state index in [0.717, 1.165) is 25.7 Å². The lowest BCUT2D eigenvalue weighted by atomic mass is 9.69. The Balaban J connectivity index is 2.53. The second-order valence-electron chi connectivity index (χ2n) is 8.56. The number of hydrogen-bond acceptors (Lipinski definition) is 2. The summed E-state index contributed by atoms with van der Waals surface area (Å²) in [4.78, 5) is 11.8. The molecule has 0 aromatic carbocycles. The SMILES string of the molecule is CCCCCCCCC(C(=O)O)C1CC(C)(C)NC(C)(C)C1. The smallest absolute Gasteiger partial charge is 0.306 e. The van der Waals surface area contributed by atoms with Crippen molar-refractivity contribution in [2.75, 3.05) is 0 Å². The van der Waals surface area contributed by atoms with Crippen LogP contribution < -0.4 is 5.32 Å². The van der Waals surface area contributed by atoms with E-state index in [2.05, 4.69) is 39.9 Å². The van der Waals surface area contributed by atoms with Crippen LogP contribution in [-0.2, 0) is 4.79 Å². The molecule has 1 unspecified atom stereocenters. The van der Waals surface area contributed by atoms with Crippen molar-refractivity contribution in [1.29, 1.82) is 0 Å². The van der Waals surface area contributed by atoms with Gasteiger partial charge < -0.3 is 10.4 Å². The van der Waals surface area contributed by atoms with E-state index in [-0.39, 0.29) is 17.0 Å². The van der Waals surface area contributed by atoms with Crippen LogP contribution in [0, 0.1) is 11.8 Å². The van der Waals surface area contributed by atoms with Gasteiger partial charge in [-0.25, -0.2) is 0 Å². The maximum Gasteiger partial charge on any atom is 0.306 e. The lowest BCUT2D eigenvalue weighted by Crippen LogP contribution is -2.59. The lowest BCUT2D eigenvalue weighted by Gasteiger charge is -2.48. The van der Waals surface area contributed by atoms with Crippen LogP contribution in [0.1, 0.15) is 92.4 Å². The Hall–Kier alpha value is -0.570. The summed E-state index contributed by atoms with van der Waals surface area (Å²) in [5, 5.41) is 13.3. The third kappa shape index (κ3) is 6.68. The van der Waals surface area contributed by atoms with Crippen molar-refractivity contribution in [3.8, 4) is 0 Å². The molecule has 22 heavy (non-hydrogen) atoms. The largest absolute Gasteiger partial charge is 0.481 e. The van der Waals surface area contributed by atoms with Gasteiger partial charge in [0, 0.05) is 11.1 Å². The molecule has 1 heterocycles. The Kier molecular flexibility index (Phi) is 7.37. The lowest BCUT2D eigenvalue weighted by molar-refractivity contribution is -0.145. The van der Waals surface area contributed by atoms with Gasteiger partial charge >= 0.3 is 5.97 Å². The minimum Gasteiger partial charge on any atom is -0.481 e. The molecule has 3 nitrogen and oxygen atoms in total. The Labute approximate surface area is 137 Å². The van der Waals surface area contributed by atoms with Gasteiger partial charge in [-0.2, -0.15) is 0 Å². The molecule has 0 spiro atoms. The molecule has 0 aromatic rings. The van der Waals surface area contributed by atoms with Crippen LogP contribution in [0.15, 0.2) is 0 Å². The zero-order chi connectivity index (χ0) is 16.8. The van der Waals surface area contributed by atoms with Crippen molar-refractivity contribution in [3.05, 3.63) is 0 Å². The number of carbonyl (C=O) groups is 1. The molecule has 130 valence electrons. The standard InChI is InChI=1S/C19H37NO2/c1-6-7-8-9-10-11-12-16(17(21)22)15-13-18(2,3)20-19(4,5)14-15/h15-16,20H,6-14H2,1-5H3,(H,21,22). The number of unbranched alkanes of at least 4 members (excludes halogenated alkanes) is 5. The van der Waals surface area contributed by atoms with E-state index < -0.39 is 5.97 Å². The fraction of sp³-hybridized carbons (Fsp3) is 0.947. The normalized spacial score (nSPS) is 22.4. The van der Waals surface area contributed by atoms with Crippen LogP contribution in [0.25, 0.3) is 0 Å². The second kappa shape index (κ2) is 8.33. The first-order valence-electron chi connectivity index (χ1n) is 9.19. The summed E-state index contributed by atoms with van der Waals surface area (Å²) < 4.78 is 0. The number of rotatable bonds is 9. The third-order valence-electron chi connectivity index (χ3n) is 4.98. The van der Waals surface area contributed by atoms with Crippen molar-refractivity contribution >= 4 is 5.97 Å². The number of aliphatic carboxylic acids is 1. The number of hydrogen-bond donors (Lipinski definition) is 2. The summed E-state index contributed by atoms with van der Waals surface area (Å²) in [6, 6.07) is 0. The number of nitrogens with one attached hydrogen (secondary N) is 1. The first kappa shape index (κ1) is 19.5. The van der Waals surface area contributed by atoms with Gasteiger partial charge in [-0.15, -0.1) is 0 Å². The fourth-order valence-corrected chi connectivity index (χ4v) is 4.39. The van der Waals surface area contributed by atoms with Gasteiger partial charge in [0.25, 0.3) is 0 Å². The fourth-order valence-electron chi connectivity index (χ4n) is 4.39. The summed E-state index contributed by atoms with van der Waals surface area (Å²) >= 11 is 0. The minimum absolute atomic E-state index is 0.0290. The van der Waals surface area contributed by atoms with Gasteiger partial charge in [-0.1, -0.05) is 45.4 Å². The van der Waals surface area contributed by atoms with Crippen LogP contribution in [0.3, 0.4) is 0 Å². The zero-order valence-corrected chi connectivity index (χ0v) is 15.4. The second-order valence-corrected chi connectivity index (χ2v) is 8.56. The summed E-state index contributed by atoms with van der Waals surface area (Å²) in [7, 11) is 0. The van der Waals surface area contributed by atoms with Crippen molar-refractivity contribution < 1.29 is 9.90 Å². The molecule has 0 bridgehead atoms. The molecule has 1 rings (SSSR count). The van der Waals surface area contributed by atoms with E-state index in [4.69, 9.17) is 0 Å². The molecule has 0 saturated carbocycles. The molecule has 1 saturated heterocycles. The molecular formula is C19H37NO2. The first-order chi connectivity index (χ1) is 10.2. The maximum atomic E-state index is 11.8. The molecule has 0 aliphatic carbocycles. The van der Waals surface area contributed by atoms with E-state index in [0.29, 0.717) is 5.92 Å². The van der Waals surface area contributed by atoms with Crippen LogP contribution in [0.2, 0.25) is 0 Å². The Morgan fingerprint density at radius 1 is 1.05 bits per heavy atom. The predicted molar refractivity (Wildman–Crippen MR) is 93.1 cm³/mol. The van der Waals surface area contributed by atoms with E-state index in [1.807, 2.05) is 0 Å². The predicted octanol–water partition coefficient (Wildman–Crippen LogP) is 4.99. The highest BCUT2D eigenvalue weighted by molar-refractivity contribution is 5.70. The van der Waals surface area contributed by atoms with E-state index in [1.54, 1.807) is 0 Å². The van der Waals surface area contributed by atoms with Gasteiger partial charge in [0.05, 0.1) is 5.92 Å². The molecule has 1 aliphatic heterocycles. The van der Waals surface area contributed by atoms with Crippen LogP contribution in [0.4, 0.5) is 0 Å². The number of piperidine rings is 1. The Bertz CT molecular complexity index is 333. The summed E-state index contributed by atoms with van der Waals surface area (Å²) in [6.07, 6.45) is 10.1. The van der Waals surface area contributed by atoms with Gasteiger partial charge in [0.2, 0.25) is 0 Å². The quantitative estimate of drug-likeness (QED) is 0.589. The Morgan fingerprint density at radius 2 is 1.55 bits per heavy atom. The van der Waals surface area contributed by atoms with E-state index in [9.17, 15) is 9.90 Å². The Morgan fingerprint density at radius 3 is 2.05 bits per heavy atom. The molecule has 1 fully saturated rings. The molecule has 1 aliphatic rings. The van der Waals surface area contributed by atoms with Gasteiger partial charge in [0.1, 0.15) is 0 Å². The van der Waals surface area contributed by atoms with E-state index in [1.165, 1.54) is 32.1 Å². The average Bonchev–Trinajstić information content (AvgIpc) is 2.33. The molecule has 3 heteroatoms. The highest BCUT2D eigenvalue weighted by Gasteiger charge is 2.42. The highest BCUT2D eigenvalue weighted by Crippen LogP contribution is 2.38. The summed E-state index contributed by atoms with van der Waals surface area (Å²) in [6.45, 7) is 11.0. The third-order valence-corrected chi connectivity index (χ3v) is 4.98. The highest BCUT2D eigenvalue weighted by atomic mass is 16.4. The van der Waals surface area contributed by atoms with Gasteiger partial charge in [-0.05, 0) is 52.9 Å². The number of carboxylic acid groups (broad SMARTS) is 1. The summed E-state index contributed by atoms with van der Waals surface area (Å²) in [5.74, 6) is -0.474. The molecular weight excluding hydrogens is 274 g/mol. The first-order valence-corrected chi connectivity index (χ1v) is 9.19. The molecule has 0 radical (unpaired) electrons. The molecule has 0 amide bonds. The molecule has 2 N–H and O–H groups in total. The van der Waals surface area contributed by atoms with Crippen LogP contribution >= 0.6 is 0 Å². The van der Waals surface area contributed by atoms with Crippen molar-refractivity contribution in [2.45, 2.75) is 103 Å². The van der Waals surface area contributed by atoms with Crippen LogP contribution in [0.5, 0.6) is 0 Å². The van der Waals surface area contributed by atoms with Crippen molar-refractivity contribution in [2.24, 2.45) is 11.8 Å². The molecule has 1 atom stereocenters. The van der Waals surface area contributed by atoms with Crippen molar-refractivity contribution in [1.82, 2.24) is 5.32 Å². The maximum absolute atomic E-state index is 11.8. The topological polar surface area (TPSA) is 49.3 Å². The number of carboxylic acids is 1.